The lowest BCUT2D eigenvalue weighted by Gasteiger charge is -2.34. The molecule has 3 aromatic carbocycles. The molecule has 0 aliphatic carbocycles. The van der Waals surface area contributed by atoms with Gasteiger partial charge in [0.05, 0.1) is 16.8 Å². The van der Waals surface area contributed by atoms with Crippen LogP contribution in [-0.2, 0) is 6.42 Å². The molecule has 5 rings (SSSR count). The maximum Gasteiger partial charge on any atom is 0.293 e. The third-order valence-corrected chi connectivity index (χ3v) is 7.12. The standard InChI is InChI=1S/C31H30ClN3O4/c1-19(2)27(35(16-8-15-33)31(37)30-22-11-6-7-12-25(22)34-39-30)29-24(17-20-9-4-3-5-10-20)28(36)23-14-13-21(32)18-26(23)38-29/h3-7,9-14,18-19,27H,8,15-17,33H2,1-2H3. The Labute approximate surface area is 231 Å². The van der Waals surface area contributed by atoms with Gasteiger partial charge in [0.1, 0.15) is 16.9 Å². The largest absolute Gasteiger partial charge is 0.458 e. The summed E-state index contributed by atoms with van der Waals surface area (Å²) in [6.45, 7) is 4.73. The van der Waals surface area contributed by atoms with Crippen molar-refractivity contribution in [1.82, 2.24) is 10.1 Å². The first-order chi connectivity index (χ1) is 18.9. The minimum absolute atomic E-state index is 0.116. The zero-order valence-corrected chi connectivity index (χ0v) is 22.6. The summed E-state index contributed by atoms with van der Waals surface area (Å²) < 4.78 is 12.1. The molecule has 39 heavy (non-hydrogen) atoms. The van der Waals surface area contributed by atoms with Gasteiger partial charge in [-0.05, 0) is 48.7 Å². The lowest BCUT2D eigenvalue weighted by molar-refractivity contribution is 0.0548. The quantitative estimate of drug-likeness (QED) is 0.232. The van der Waals surface area contributed by atoms with Gasteiger partial charge in [-0.2, -0.15) is 0 Å². The lowest BCUT2D eigenvalue weighted by Crippen LogP contribution is -2.40. The highest BCUT2D eigenvalue weighted by Crippen LogP contribution is 2.35. The maximum absolute atomic E-state index is 14.1. The van der Waals surface area contributed by atoms with Crippen LogP contribution in [0.4, 0.5) is 0 Å². The van der Waals surface area contributed by atoms with Crippen molar-refractivity contribution in [3.63, 3.8) is 0 Å². The van der Waals surface area contributed by atoms with Crippen LogP contribution >= 0.6 is 11.6 Å². The molecule has 2 N–H and O–H groups in total. The molecule has 8 heteroatoms. The minimum Gasteiger partial charge on any atom is -0.458 e. The number of nitrogens with two attached hydrogens (primary N) is 1. The Morgan fingerprint density at radius 1 is 1.03 bits per heavy atom. The van der Waals surface area contributed by atoms with Crippen LogP contribution in [0.25, 0.3) is 21.9 Å². The number of hydrogen-bond donors (Lipinski definition) is 1. The summed E-state index contributed by atoms with van der Waals surface area (Å²) in [7, 11) is 0. The van der Waals surface area contributed by atoms with Crippen molar-refractivity contribution >= 4 is 39.4 Å². The highest BCUT2D eigenvalue weighted by molar-refractivity contribution is 6.31. The van der Waals surface area contributed by atoms with Crippen molar-refractivity contribution in [2.24, 2.45) is 11.7 Å². The maximum atomic E-state index is 14.1. The summed E-state index contributed by atoms with van der Waals surface area (Å²) in [6, 6.07) is 21.4. The summed E-state index contributed by atoms with van der Waals surface area (Å²) in [5, 5.41) is 5.60. The number of carbonyl (C=O) groups excluding carboxylic acids is 1. The molecule has 2 aromatic heterocycles. The normalized spacial score (nSPS) is 12.3. The second-order valence-electron chi connectivity index (χ2n) is 9.94. The summed E-state index contributed by atoms with van der Waals surface area (Å²) in [4.78, 5) is 29.8. The van der Waals surface area contributed by atoms with Gasteiger partial charge in [-0.3, -0.25) is 9.59 Å². The zero-order chi connectivity index (χ0) is 27.5. The highest BCUT2D eigenvalue weighted by Gasteiger charge is 2.35. The van der Waals surface area contributed by atoms with Gasteiger partial charge in [-0.15, -0.1) is 0 Å². The van der Waals surface area contributed by atoms with E-state index in [0.29, 0.717) is 64.1 Å². The van der Waals surface area contributed by atoms with E-state index in [-0.39, 0.29) is 23.0 Å². The fourth-order valence-electron chi connectivity index (χ4n) is 5.04. The second-order valence-corrected chi connectivity index (χ2v) is 10.4. The number of carbonyl (C=O) groups is 1. The van der Waals surface area contributed by atoms with Crippen LogP contribution in [0.1, 0.15) is 53.8 Å². The monoisotopic (exact) mass is 543 g/mol. The molecule has 2 heterocycles. The summed E-state index contributed by atoms with van der Waals surface area (Å²) in [6.07, 6.45) is 0.906. The van der Waals surface area contributed by atoms with Crippen molar-refractivity contribution in [1.29, 1.82) is 0 Å². The molecule has 0 bridgehead atoms. The zero-order valence-electron chi connectivity index (χ0n) is 21.9. The number of rotatable bonds is 9. The van der Waals surface area contributed by atoms with Crippen LogP contribution in [0, 0.1) is 5.92 Å². The molecule has 1 amide bonds. The number of hydrogen-bond acceptors (Lipinski definition) is 6. The Kier molecular flexibility index (Phi) is 7.82. The SMILES string of the molecule is CC(C)C(c1oc2cc(Cl)ccc2c(=O)c1Cc1ccccc1)N(CCCN)C(=O)c1onc2ccccc12. The number of aromatic nitrogens is 1. The van der Waals surface area contributed by atoms with Gasteiger partial charge in [-0.25, -0.2) is 0 Å². The van der Waals surface area contributed by atoms with Gasteiger partial charge < -0.3 is 19.6 Å². The fourth-order valence-corrected chi connectivity index (χ4v) is 5.20. The number of benzene rings is 3. The topological polar surface area (TPSA) is 103 Å². The number of nitrogens with zero attached hydrogens (tertiary/aromatic N) is 2. The van der Waals surface area contributed by atoms with Crippen LogP contribution in [0.2, 0.25) is 5.02 Å². The van der Waals surface area contributed by atoms with E-state index in [9.17, 15) is 9.59 Å². The average Bonchev–Trinajstić information content (AvgIpc) is 3.37. The molecule has 0 saturated carbocycles. The molecular weight excluding hydrogens is 514 g/mol. The Bertz CT molecular complexity index is 1680. The van der Waals surface area contributed by atoms with Crippen LogP contribution in [0.15, 0.2) is 86.5 Å². The van der Waals surface area contributed by atoms with Crippen LogP contribution in [0.5, 0.6) is 0 Å². The fraction of sp³-hybridized carbons (Fsp3) is 0.258. The van der Waals surface area contributed by atoms with Crippen molar-refractivity contribution < 1.29 is 13.7 Å². The van der Waals surface area contributed by atoms with Crippen LogP contribution in [-0.4, -0.2) is 29.1 Å². The predicted molar refractivity (Wildman–Crippen MR) is 153 cm³/mol. The van der Waals surface area contributed by atoms with Crippen molar-refractivity contribution in [3.8, 4) is 0 Å². The second kappa shape index (κ2) is 11.4. The molecule has 0 radical (unpaired) electrons. The van der Waals surface area contributed by atoms with Crippen molar-refractivity contribution in [3.05, 3.63) is 111 Å². The third kappa shape index (κ3) is 5.33. The van der Waals surface area contributed by atoms with E-state index in [4.69, 9.17) is 26.3 Å². The van der Waals surface area contributed by atoms with E-state index in [2.05, 4.69) is 5.16 Å². The van der Waals surface area contributed by atoms with E-state index in [1.165, 1.54) is 0 Å². The first kappa shape index (κ1) is 26.7. The molecule has 0 aliphatic rings. The molecule has 7 nitrogen and oxygen atoms in total. The van der Waals surface area contributed by atoms with E-state index in [0.717, 1.165) is 5.56 Å². The Morgan fingerprint density at radius 3 is 2.51 bits per heavy atom. The van der Waals surface area contributed by atoms with Crippen molar-refractivity contribution in [2.45, 2.75) is 32.7 Å². The van der Waals surface area contributed by atoms with Gasteiger partial charge in [0, 0.05) is 29.6 Å². The smallest absolute Gasteiger partial charge is 0.293 e. The van der Waals surface area contributed by atoms with E-state index >= 15 is 0 Å². The molecule has 0 fully saturated rings. The molecule has 0 spiro atoms. The van der Waals surface area contributed by atoms with Gasteiger partial charge in [0.2, 0.25) is 5.76 Å². The molecule has 200 valence electrons. The highest BCUT2D eigenvalue weighted by atomic mass is 35.5. The molecular formula is C31H30ClN3O4. The summed E-state index contributed by atoms with van der Waals surface area (Å²) in [5.74, 6) is 0.123. The molecule has 1 unspecified atom stereocenters. The molecule has 0 aliphatic heterocycles. The molecule has 0 saturated heterocycles. The minimum atomic E-state index is -0.581. The Hall–Kier alpha value is -3.94. The molecule has 5 aromatic rings. The average molecular weight is 544 g/mol. The van der Waals surface area contributed by atoms with Gasteiger partial charge in [0.15, 0.2) is 5.43 Å². The Morgan fingerprint density at radius 2 is 1.77 bits per heavy atom. The van der Waals surface area contributed by atoms with E-state index in [1.54, 1.807) is 29.2 Å². The van der Waals surface area contributed by atoms with E-state index in [1.807, 2.05) is 62.4 Å². The molecule has 1 atom stereocenters. The van der Waals surface area contributed by atoms with E-state index < -0.39 is 6.04 Å². The number of halogens is 1. The van der Waals surface area contributed by atoms with Gasteiger partial charge in [-0.1, -0.05) is 73.1 Å². The van der Waals surface area contributed by atoms with Crippen LogP contribution < -0.4 is 11.2 Å². The van der Waals surface area contributed by atoms with Crippen LogP contribution in [0.3, 0.4) is 0 Å². The number of amides is 1. The first-order valence-corrected chi connectivity index (χ1v) is 13.4. The predicted octanol–water partition coefficient (Wildman–Crippen LogP) is 6.37. The number of fused-ring (bicyclic) bond motifs is 2. The first-order valence-electron chi connectivity index (χ1n) is 13.0. The van der Waals surface area contributed by atoms with Crippen molar-refractivity contribution in [2.75, 3.05) is 13.1 Å². The Balaban J connectivity index is 1.71. The van der Waals surface area contributed by atoms with Gasteiger partial charge >= 0.3 is 0 Å². The third-order valence-electron chi connectivity index (χ3n) is 6.88. The van der Waals surface area contributed by atoms with Gasteiger partial charge in [0.25, 0.3) is 5.91 Å². The summed E-state index contributed by atoms with van der Waals surface area (Å²) in [5.41, 5.74) is 8.18. The summed E-state index contributed by atoms with van der Waals surface area (Å²) >= 11 is 6.28. The lowest BCUT2D eigenvalue weighted by atomic mass is 9.92.